The van der Waals surface area contributed by atoms with Crippen LogP contribution in [0.25, 0.3) is 0 Å². The molecule has 0 radical (unpaired) electrons. The van der Waals surface area contributed by atoms with E-state index >= 15 is 0 Å². The lowest BCUT2D eigenvalue weighted by Crippen LogP contribution is -2.50. The Morgan fingerprint density at radius 1 is 1.00 bits per heavy atom. The van der Waals surface area contributed by atoms with Crippen LogP contribution in [0.1, 0.15) is 44.1 Å². The minimum Gasteiger partial charge on any atom is -0.381 e. The number of piperidine rings is 2. The second-order valence-corrected chi connectivity index (χ2v) is 8.29. The number of ether oxygens (including phenoxy) is 1. The van der Waals surface area contributed by atoms with E-state index in [2.05, 4.69) is 9.80 Å². The smallest absolute Gasteiger partial charge is 0.123 e. The summed E-state index contributed by atoms with van der Waals surface area (Å²) in [6, 6.07) is 7.83. The number of likely N-dealkylation sites (tertiary alicyclic amines) is 2. The predicted molar refractivity (Wildman–Crippen MR) is 98.0 cm³/mol. The molecule has 25 heavy (non-hydrogen) atoms. The highest BCUT2D eigenvalue weighted by Crippen LogP contribution is 2.42. The zero-order valence-electron chi connectivity index (χ0n) is 15.3. The molecule has 1 aromatic carbocycles. The summed E-state index contributed by atoms with van der Waals surface area (Å²) in [5.41, 5.74) is 1.67. The van der Waals surface area contributed by atoms with Gasteiger partial charge in [0.25, 0.3) is 0 Å². The summed E-state index contributed by atoms with van der Waals surface area (Å²) in [6.45, 7) is 7.65. The van der Waals surface area contributed by atoms with Crippen LogP contribution in [-0.2, 0) is 11.3 Å². The van der Waals surface area contributed by atoms with E-state index < -0.39 is 0 Å². The minimum absolute atomic E-state index is 0.119. The van der Waals surface area contributed by atoms with Crippen molar-refractivity contribution in [1.82, 2.24) is 9.80 Å². The second-order valence-electron chi connectivity index (χ2n) is 8.29. The third kappa shape index (κ3) is 4.24. The van der Waals surface area contributed by atoms with Crippen LogP contribution in [0.3, 0.4) is 0 Å². The molecule has 3 aliphatic heterocycles. The molecule has 0 amide bonds. The fourth-order valence-electron chi connectivity index (χ4n) is 4.99. The molecule has 0 bridgehead atoms. The van der Waals surface area contributed by atoms with Crippen LogP contribution in [0.4, 0.5) is 4.39 Å². The molecule has 3 aliphatic rings. The van der Waals surface area contributed by atoms with Crippen molar-refractivity contribution >= 4 is 0 Å². The van der Waals surface area contributed by atoms with Crippen molar-refractivity contribution in [3.63, 3.8) is 0 Å². The summed E-state index contributed by atoms with van der Waals surface area (Å²) in [4.78, 5) is 5.23. The third-order valence-corrected chi connectivity index (χ3v) is 6.78. The van der Waals surface area contributed by atoms with Gasteiger partial charge in [0.05, 0.1) is 0 Å². The van der Waals surface area contributed by atoms with Crippen LogP contribution < -0.4 is 0 Å². The van der Waals surface area contributed by atoms with E-state index in [0.29, 0.717) is 5.41 Å². The molecule has 3 heterocycles. The van der Waals surface area contributed by atoms with Crippen LogP contribution in [0.15, 0.2) is 24.3 Å². The Hall–Kier alpha value is -0.970. The minimum atomic E-state index is -0.119. The van der Waals surface area contributed by atoms with E-state index in [1.165, 1.54) is 57.7 Å². The van der Waals surface area contributed by atoms with Crippen LogP contribution in [0.2, 0.25) is 0 Å². The van der Waals surface area contributed by atoms with Crippen molar-refractivity contribution in [2.45, 2.75) is 51.1 Å². The number of hydrogen-bond donors (Lipinski definition) is 0. The SMILES string of the molecule is Fc1cccc(CN2CCC3(CC2)CCN(C2CCOCC2)CC3)c1. The lowest BCUT2D eigenvalue weighted by molar-refractivity contribution is -0.0139. The molecule has 4 rings (SSSR count). The Labute approximate surface area is 151 Å². The molecule has 0 N–H and O–H groups in total. The molecular weight excluding hydrogens is 315 g/mol. The zero-order valence-corrected chi connectivity index (χ0v) is 15.3. The Kier molecular flexibility index (Phi) is 5.39. The third-order valence-electron chi connectivity index (χ3n) is 6.78. The standard InChI is InChI=1S/C21H31FN2O/c22-19-3-1-2-18(16-19)17-23-10-6-21(7-11-23)8-12-24(13-9-21)20-4-14-25-15-5-20/h1-3,16,20H,4-15,17H2. The fourth-order valence-corrected chi connectivity index (χ4v) is 4.99. The summed E-state index contributed by atoms with van der Waals surface area (Å²) in [6.07, 6.45) is 7.77. The van der Waals surface area contributed by atoms with Crippen molar-refractivity contribution in [1.29, 1.82) is 0 Å². The van der Waals surface area contributed by atoms with Gasteiger partial charge >= 0.3 is 0 Å². The molecule has 0 atom stereocenters. The fraction of sp³-hybridized carbons (Fsp3) is 0.714. The molecule has 3 nitrogen and oxygen atoms in total. The van der Waals surface area contributed by atoms with E-state index in [4.69, 9.17) is 4.74 Å². The lowest BCUT2D eigenvalue weighted by atomic mass is 9.71. The van der Waals surface area contributed by atoms with E-state index in [-0.39, 0.29) is 5.82 Å². The summed E-state index contributed by atoms with van der Waals surface area (Å²) in [5, 5.41) is 0. The first-order chi connectivity index (χ1) is 12.2. The molecule has 4 heteroatoms. The highest BCUT2D eigenvalue weighted by Gasteiger charge is 2.38. The van der Waals surface area contributed by atoms with Gasteiger partial charge in [0.1, 0.15) is 5.82 Å². The first kappa shape index (κ1) is 17.4. The van der Waals surface area contributed by atoms with Gasteiger partial charge < -0.3 is 9.64 Å². The van der Waals surface area contributed by atoms with Crippen LogP contribution in [0, 0.1) is 11.2 Å². The topological polar surface area (TPSA) is 15.7 Å². The molecule has 0 saturated carbocycles. The lowest BCUT2D eigenvalue weighted by Gasteiger charge is -2.49. The average Bonchev–Trinajstić information content (AvgIpc) is 2.65. The first-order valence-corrected chi connectivity index (χ1v) is 10.0. The summed E-state index contributed by atoms with van der Waals surface area (Å²) in [5.74, 6) is -0.119. The molecule has 1 aromatic rings. The van der Waals surface area contributed by atoms with E-state index in [0.717, 1.165) is 44.5 Å². The Morgan fingerprint density at radius 2 is 1.68 bits per heavy atom. The average molecular weight is 346 g/mol. The molecule has 138 valence electrons. The number of rotatable bonds is 3. The van der Waals surface area contributed by atoms with Crippen LogP contribution >= 0.6 is 0 Å². The Bertz CT molecular complexity index is 555. The Balaban J connectivity index is 1.26. The van der Waals surface area contributed by atoms with Gasteiger partial charge in [-0.3, -0.25) is 4.90 Å². The normalized spacial score (nSPS) is 26.1. The summed E-state index contributed by atoms with van der Waals surface area (Å²) in [7, 11) is 0. The summed E-state index contributed by atoms with van der Waals surface area (Å²) >= 11 is 0. The molecule has 3 fully saturated rings. The van der Waals surface area contributed by atoms with Crippen molar-refractivity contribution in [3.05, 3.63) is 35.6 Å². The maximum absolute atomic E-state index is 13.4. The van der Waals surface area contributed by atoms with Crippen molar-refractivity contribution in [3.8, 4) is 0 Å². The van der Waals surface area contributed by atoms with Crippen molar-refractivity contribution in [2.24, 2.45) is 5.41 Å². The maximum atomic E-state index is 13.4. The van der Waals surface area contributed by atoms with Gasteiger partial charge in [-0.2, -0.15) is 0 Å². The van der Waals surface area contributed by atoms with Gasteiger partial charge in [-0.15, -0.1) is 0 Å². The zero-order chi connectivity index (χ0) is 17.1. The molecule has 1 spiro atoms. The monoisotopic (exact) mass is 346 g/mol. The predicted octanol–water partition coefficient (Wildman–Crippen LogP) is 3.68. The summed E-state index contributed by atoms with van der Waals surface area (Å²) < 4.78 is 18.9. The van der Waals surface area contributed by atoms with Crippen molar-refractivity contribution < 1.29 is 9.13 Å². The van der Waals surface area contributed by atoms with Crippen molar-refractivity contribution in [2.75, 3.05) is 39.4 Å². The van der Waals surface area contributed by atoms with E-state index in [9.17, 15) is 4.39 Å². The van der Waals surface area contributed by atoms with Gasteiger partial charge in [0.15, 0.2) is 0 Å². The van der Waals surface area contributed by atoms with Crippen LogP contribution in [0.5, 0.6) is 0 Å². The van der Waals surface area contributed by atoms with E-state index in [1.54, 1.807) is 6.07 Å². The quantitative estimate of drug-likeness (QED) is 0.830. The number of hydrogen-bond acceptors (Lipinski definition) is 3. The Morgan fingerprint density at radius 3 is 2.36 bits per heavy atom. The van der Waals surface area contributed by atoms with Gasteiger partial charge in [0, 0.05) is 25.8 Å². The molecular formula is C21H31FN2O. The van der Waals surface area contributed by atoms with Crippen LogP contribution in [-0.4, -0.2) is 55.2 Å². The van der Waals surface area contributed by atoms with Gasteiger partial charge in [-0.1, -0.05) is 12.1 Å². The van der Waals surface area contributed by atoms with Gasteiger partial charge in [-0.25, -0.2) is 4.39 Å². The largest absolute Gasteiger partial charge is 0.381 e. The van der Waals surface area contributed by atoms with Gasteiger partial charge in [0.2, 0.25) is 0 Å². The molecule has 0 aliphatic carbocycles. The number of benzene rings is 1. The molecule has 0 unspecified atom stereocenters. The maximum Gasteiger partial charge on any atom is 0.123 e. The molecule has 0 aromatic heterocycles. The number of halogens is 1. The van der Waals surface area contributed by atoms with E-state index in [1.807, 2.05) is 12.1 Å². The highest BCUT2D eigenvalue weighted by molar-refractivity contribution is 5.16. The first-order valence-electron chi connectivity index (χ1n) is 10.0. The highest BCUT2D eigenvalue weighted by atomic mass is 19.1. The number of nitrogens with zero attached hydrogens (tertiary/aromatic N) is 2. The van der Waals surface area contributed by atoms with Gasteiger partial charge in [-0.05, 0) is 87.8 Å². The second kappa shape index (κ2) is 7.73. The molecule has 3 saturated heterocycles.